The van der Waals surface area contributed by atoms with Gasteiger partial charge in [0.1, 0.15) is 5.82 Å². The fourth-order valence-electron chi connectivity index (χ4n) is 2.51. The lowest BCUT2D eigenvalue weighted by molar-refractivity contribution is -0.384. The molecule has 0 spiro atoms. The largest absolute Gasteiger partial charge is 0.307 e. The molecule has 0 aliphatic carbocycles. The van der Waals surface area contributed by atoms with Crippen LogP contribution in [0.2, 0.25) is 5.02 Å². The number of non-ortho nitro benzene ring substituents is 1. The number of carbonyl (C=O) groups is 1. The predicted octanol–water partition coefficient (Wildman–Crippen LogP) is 4.05. The van der Waals surface area contributed by atoms with Crippen molar-refractivity contribution >= 4 is 29.0 Å². The average molecular weight is 371 g/mol. The van der Waals surface area contributed by atoms with Crippen molar-refractivity contribution in [3.63, 3.8) is 0 Å². The van der Waals surface area contributed by atoms with Crippen LogP contribution < -0.4 is 5.32 Å². The third-order valence-corrected chi connectivity index (χ3v) is 4.05. The van der Waals surface area contributed by atoms with Crippen LogP contribution >= 0.6 is 11.6 Å². The number of aryl methyl sites for hydroxylation is 1. The summed E-state index contributed by atoms with van der Waals surface area (Å²) in [5, 5.41) is 18.2. The Morgan fingerprint density at radius 3 is 2.65 bits per heavy atom. The molecule has 0 unspecified atom stereocenters. The van der Waals surface area contributed by atoms with E-state index in [9.17, 15) is 14.9 Å². The molecule has 8 heteroatoms. The molecule has 0 saturated carbocycles. The molecule has 3 rings (SSSR count). The second-order valence-electron chi connectivity index (χ2n) is 5.69. The number of nitrogens with zero attached hydrogens (tertiary/aromatic N) is 3. The summed E-state index contributed by atoms with van der Waals surface area (Å²) in [6.07, 6.45) is 0. The summed E-state index contributed by atoms with van der Waals surface area (Å²) in [5.41, 5.74) is 1.60. The van der Waals surface area contributed by atoms with Crippen LogP contribution in [0.15, 0.2) is 54.6 Å². The Labute approximate surface area is 154 Å². The van der Waals surface area contributed by atoms with Gasteiger partial charge in [0.2, 0.25) is 0 Å². The van der Waals surface area contributed by atoms with Crippen LogP contribution in [0.1, 0.15) is 21.6 Å². The van der Waals surface area contributed by atoms with Crippen LogP contribution in [-0.2, 0) is 6.54 Å². The minimum Gasteiger partial charge on any atom is -0.307 e. The van der Waals surface area contributed by atoms with Crippen molar-refractivity contribution in [1.82, 2.24) is 9.78 Å². The highest BCUT2D eigenvalue weighted by Crippen LogP contribution is 2.23. The summed E-state index contributed by atoms with van der Waals surface area (Å²) >= 11 is 6.03. The number of nitrogens with one attached hydrogen (secondary N) is 1. The van der Waals surface area contributed by atoms with E-state index in [0.717, 1.165) is 17.3 Å². The highest BCUT2D eigenvalue weighted by Gasteiger charge is 2.18. The molecule has 0 atom stereocenters. The fourth-order valence-corrected chi connectivity index (χ4v) is 2.71. The summed E-state index contributed by atoms with van der Waals surface area (Å²) < 4.78 is 1.66. The van der Waals surface area contributed by atoms with Gasteiger partial charge < -0.3 is 5.32 Å². The standard InChI is InChI=1S/C18H15ClN4O3/c1-12-9-17(22(21-12)11-13-5-3-2-4-6-13)20-18(24)15-10-14(23(25)26)7-8-16(15)19/h2-10H,11H2,1H3,(H,20,24). The van der Waals surface area contributed by atoms with E-state index in [1.165, 1.54) is 12.1 Å². The van der Waals surface area contributed by atoms with Crippen LogP contribution in [0.25, 0.3) is 0 Å². The van der Waals surface area contributed by atoms with Gasteiger partial charge in [-0.3, -0.25) is 14.9 Å². The zero-order chi connectivity index (χ0) is 18.7. The maximum Gasteiger partial charge on any atom is 0.270 e. The number of nitro groups is 1. The van der Waals surface area contributed by atoms with E-state index in [-0.39, 0.29) is 16.3 Å². The molecule has 0 radical (unpaired) electrons. The Morgan fingerprint density at radius 1 is 1.23 bits per heavy atom. The molecule has 1 amide bonds. The number of anilines is 1. The summed E-state index contributed by atoms with van der Waals surface area (Å²) in [6.45, 7) is 2.30. The van der Waals surface area contributed by atoms with Gasteiger partial charge in [0.05, 0.1) is 27.7 Å². The van der Waals surface area contributed by atoms with E-state index in [1.807, 2.05) is 37.3 Å². The number of halogens is 1. The molecular weight excluding hydrogens is 356 g/mol. The molecule has 0 saturated heterocycles. The van der Waals surface area contributed by atoms with Crippen molar-refractivity contribution in [2.45, 2.75) is 13.5 Å². The monoisotopic (exact) mass is 370 g/mol. The van der Waals surface area contributed by atoms with E-state index in [1.54, 1.807) is 10.7 Å². The van der Waals surface area contributed by atoms with Gasteiger partial charge in [-0.25, -0.2) is 4.68 Å². The van der Waals surface area contributed by atoms with E-state index >= 15 is 0 Å². The number of carbonyl (C=O) groups excluding carboxylic acids is 1. The maximum absolute atomic E-state index is 12.6. The normalized spacial score (nSPS) is 10.5. The number of amides is 1. The van der Waals surface area contributed by atoms with Crippen molar-refractivity contribution in [1.29, 1.82) is 0 Å². The molecule has 132 valence electrons. The average Bonchev–Trinajstić information content (AvgIpc) is 2.94. The molecule has 7 nitrogen and oxygen atoms in total. The van der Waals surface area contributed by atoms with Gasteiger partial charge in [0.25, 0.3) is 11.6 Å². The summed E-state index contributed by atoms with van der Waals surface area (Å²) in [6, 6.07) is 15.2. The van der Waals surface area contributed by atoms with Crippen LogP contribution in [-0.4, -0.2) is 20.6 Å². The molecule has 26 heavy (non-hydrogen) atoms. The minimum absolute atomic E-state index is 0.0333. The molecule has 3 aromatic rings. The number of rotatable bonds is 5. The number of benzene rings is 2. The highest BCUT2D eigenvalue weighted by molar-refractivity contribution is 6.34. The fraction of sp³-hybridized carbons (Fsp3) is 0.111. The topological polar surface area (TPSA) is 90.1 Å². The molecule has 0 bridgehead atoms. The van der Waals surface area contributed by atoms with Gasteiger partial charge >= 0.3 is 0 Å². The number of hydrogen-bond donors (Lipinski definition) is 1. The van der Waals surface area contributed by atoms with Gasteiger partial charge in [-0.2, -0.15) is 5.10 Å². The van der Waals surface area contributed by atoms with E-state index in [2.05, 4.69) is 10.4 Å². The van der Waals surface area contributed by atoms with Gasteiger partial charge in [0, 0.05) is 18.2 Å². The summed E-state index contributed by atoms with van der Waals surface area (Å²) in [5.74, 6) is -0.0492. The first kappa shape index (κ1) is 17.6. The molecule has 1 heterocycles. The molecule has 1 aromatic heterocycles. The van der Waals surface area contributed by atoms with Crippen LogP contribution in [0, 0.1) is 17.0 Å². The maximum atomic E-state index is 12.6. The number of nitro benzene ring substituents is 1. The molecule has 0 aliphatic rings. The lowest BCUT2D eigenvalue weighted by atomic mass is 10.2. The van der Waals surface area contributed by atoms with Crippen molar-refractivity contribution in [3.05, 3.63) is 86.6 Å². The Hall–Kier alpha value is -3.19. The molecule has 1 N–H and O–H groups in total. The van der Waals surface area contributed by atoms with Gasteiger partial charge in [0.15, 0.2) is 0 Å². The number of aromatic nitrogens is 2. The van der Waals surface area contributed by atoms with Crippen LogP contribution in [0.3, 0.4) is 0 Å². The predicted molar refractivity (Wildman–Crippen MR) is 98.6 cm³/mol. The summed E-state index contributed by atoms with van der Waals surface area (Å²) in [4.78, 5) is 22.9. The molecular formula is C18H15ClN4O3. The molecule has 0 fully saturated rings. The van der Waals surface area contributed by atoms with Crippen LogP contribution in [0.4, 0.5) is 11.5 Å². The van der Waals surface area contributed by atoms with E-state index in [0.29, 0.717) is 12.4 Å². The summed E-state index contributed by atoms with van der Waals surface area (Å²) in [7, 11) is 0. The van der Waals surface area contributed by atoms with Crippen LogP contribution in [0.5, 0.6) is 0 Å². The SMILES string of the molecule is Cc1cc(NC(=O)c2cc([N+](=O)[O-])ccc2Cl)n(Cc2ccccc2)n1. The zero-order valence-electron chi connectivity index (χ0n) is 13.8. The Morgan fingerprint density at radius 2 is 1.96 bits per heavy atom. The lowest BCUT2D eigenvalue weighted by Gasteiger charge is -2.10. The Balaban J connectivity index is 1.86. The second kappa shape index (κ2) is 7.37. The first-order valence-corrected chi connectivity index (χ1v) is 8.15. The first-order valence-electron chi connectivity index (χ1n) is 7.77. The van der Waals surface area contributed by atoms with Gasteiger partial charge in [-0.15, -0.1) is 0 Å². The van der Waals surface area contributed by atoms with Crippen molar-refractivity contribution in [2.24, 2.45) is 0 Å². The third kappa shape index (κ3) is 3.89. The quantitative estimate of drug-likeness (QED) is 0.541. The Bertz CT molecular complexity index is 970. The van der Waals surface area contributed by atoms with Crippen molar-refractivity contribution in [2.75, 3.05) is 5.32 Å². The highest BCUT2D eigenvalue weighted by atomic mass is 35.5. The molecule has 0 aliphatic heterocycles. The first-order chi connectivity index (χ1) is 12.4. The zero-order valence-corrected chi connectivity index (χ0v) is 14.6. The smallest absolute Gasteiger partial charge is 0.270 e. The van der Waals surface area contributed by atoms with Gasteiger partial charge in [-0.05, 0) is 18.6 Å². The van der Waals surface area contributed by atoms with E-state index in [4.69, 9.17) is 11.6 Å². The van der Waals surface area contributed by atoms with Crippen molar-refractivity contribution < 1.29 is 9.72 Å². The van der Waals surface area contributed by atoms with Gasteiger partial charge in [-0.1, -0.05) is 41.9 Å². The van der Waals surface area contributed by atoms with Crippen molar-refractivity contribution in [3.8, 4) is 0 Å². The number of hydrogen-bond acceptors (Lipinski definition) is 4. The minimum atomic E-state index is -0.573. The Kier molecular flexibility index (Phi) is 4.99. The lowest BCUT2D eigenvalue weighted by Crippen LogP contribution is -2.16. The molecule has 2 aromatic carbocycles. The third-order valence-electron chi connectivity index (χ3n) is 3.72. The van der Waals surface area contributed by atoms with E-state index < -0.39 is 10.8 Å². The second-order valence-corrected chi connectivity index (χ2v) is 6.10.